The summed E-state index contributed by atoms with van der Waals surface area (Å²) in [6.45, 7) is 4.48. The van der Waals surface area contributed by atoms with Crippen molar-refractivity contribution >= 4 is 35.8 Å². The van der Waals surface area contributed by atoms with Crippen molar-refractivity contribution in [1.29, 1.82) is 0 Å². The van der Waals surface area contributed by atoms with Crippen molar-refractivity contribution in [3.8, 4) is 0 Å². The smallest absolute Gasteiger partial charge is 0.253 e. The van der Waals surface area contributed by atoms with Crippen LogP contribution in [0.2, 0.25) is 0 Å². The van der Waals surface area contributed by atoms with Gasteiger partial charge in [0.25, 0.3) is 5.91 Å². The quantitative estimate of drug-likeness (QED) is 0.306. The monoisotopic (exact) mass is 555 g/mol. The maximum absolute atomic E-state index is 12.2. The van der Waals surface area contributed by atoms with Gasteiger partial charge in [0.05, 0.1) is 0 Å². The predicted molar refractivity (Wildman–Crippen MR) is 144 cm³/mol. The van der Waals surface area contributed by atoms with E-state index in [0.29, 0.717) is 6.04 Å². The van der Waals surface area contributed by atoms with Gasteiger partial charge in [-0.25, -0.2) is 0 Å². The van der Waals surface area contributed by atoms with E-state index in [4.69, 9.17) is 0 Å². The number of likely N-dealkylation sites (tertiary alicyclic amines) is 1. The maximum Gasteiger partial charge on any atom is 0.253 e. The molecule has 2 aliphatic rings. The highest BCUT2D eigenvalue weighted by Crippen LogP contribution is 2.25. The molecule has 2 N–H and O–H groups in total. The largest absolute Gasteiger partial charge is 0.356 e. The van der Waals surface area contributed by atoms with Crippen LogP contribution in [0.5, 0.6) is 0 Å². The molecule has 0 spiro atoms. The Hall–Kier alpha value is -1.35. The summed E-state index contributed by atoms with van der Waals surface area (Å²) in [5.74, 6) is 1.85. The molecular formula is C25H42IN5O. The second-order valence-electron chi connectivity index (χ2n) is 9.37. The minimum Gasteiger partial charge on any atom is -0.356 e. The first-order valence-electron chi connectivity index (χ1n) is 12.1. The molecule has 1 heterocycles. The van der Waals surface area contributed by atoms with Crippen LogP contribution >= 0.6 is 24.0 Å². The van der Waals surface area contributed by atoms with Gasteiger partial charge in [-0.2, -0.15) is 0 Å². The van der Waals surface area contributed by atoms with Crippen molar-refractivity contribution < 1.29 is 4.79 Å². The number of nitrogens with one attached hydrogen (secondary N) is 2. The Morgan fingerprint density at radius 2 is 1.84 bits per heavy atom. The van der Waals surface area contributed by atoms with Crippen LogP contribution in [-0.4, -0.2) is 75.0 Å². The molecule has 3 rings (SSSR count). The summed E-state index contributed by atoms with van der Waals surface area (Å²) in [4.78, 5) is 20.9. The summed E-state index contributed by atoms with van der Waals surface area (Å²) < 4.78 is 0. The molecule has 0 radical (unpaired) electrons. The standard InChI is InChI=1S/C25H41N5O.HI/c1-26-25(27-15-12-20-10-7-11-22(18-20)24(31)29(2)3)28-23-13-16-30(17-14-23)19-21-8-5-4-6-9-21;/h7,10-11,18,21,23H,4-6,8-9,12-17,19H2,1-3H3,(H2,26,27,28);1H. The average molecular weight is 556 g/mol. The van der Waals surface area contributed by atoms with Gasteiger partial charge in [0.1, 0.15) is 0 Å². The molecular weight excluding hydrogens is 513 g/mol. The second-order valence-corrected chi connectivity index (χ2v) is 9.37. The lowest BCUT2D eigenvalue weighted by molar-refractivity contribution is 0.0827. The van der Waals surface area contributed by atoms with E-state index >= 15 is 0 Å². The van der Waals surface area contributed by atoms with Crippen LogP contribution in [0.1, 0.15) is 60.9 Å². The zero-order chi connectivity index (χ0) is 22.1. The highest BCUT2D eigenvalue weighted by Gasteiger charge is 2.23. The summed E-state index contributed by atoms with van der Waals surface area (Å²) in [6, 6.07) is 8.39. The highest BCUT2D eigenvalue weighted by atomic mass is 127. The number of amides is 1. The first kappa shape index (κ1) is 26.9. The van der Waals surface area contributed by atoms with Gasteiger partial charge in [-0.15, -0.1) is 24.0 Å². The Morgan fingerprint density at radius 1 is 1.12 bits per heavy atom. The molecule has 32 heavy (non-hydrogen) atoms. The normalized spacial score (nSPS) is 18.7. The van der Waals surface area contributed by atoms with Crippen LogP contribution in [0.4, 0.5) is 0 Å². The number of hydrogen-bond donors (Lipinski definition) is 2. The first-order valence-corrected chi connectivity index (χ1v) is 12.1. The van der Waals surface area contributed by atoms with Gasteiger partial charge in [-0.3, -0.25) is 9.79 Å². The summed E-state index contributed by atoms with van der Waals surface area (Å²) >= 11 is 0. The van der Waals surface area contributed by atoms with E-state index in [9.17, 15) is 4.79 Å². The molecule has 2 fully saturated rings. The molecule has 1 aromatic rings. The van der Waals surface area contributed by atoms with Crippen molar-refractivity contribution in [2.24, 2.45) is 10.9 Å². The van der Waals surface area contributed by atoms with E-state index in [-0.39, 0.29) is 29.9 Å². The van der Waals surface area contributed by atoms with E-state index in [0.717, 1.165) is 36.0 Å². The third kappa shape index (κ3) is 8.54. The molecule has 6 nitrogen and oxygen atoms in total. The van der Waals surface area contributed by atoms with Crippen LogP contribution in [0.15, 0.2) is 29.3 Å². The Kier molecular flexibility index (Phi) is 11.8. The van der Waals surface area contributed by atoms with Crippen LogP contribution in [-0.2, 0) is 6.42 Å². The number of benzene rings is 1. The van der Waals surface area contributed by atoms with E-state index in [2.05, 4.69) is 26.6 Å². The third-order valence-electron chi connectivity index (χ3n) is 6.68. The van der Waals surface area contributed by atoms with E-state index in [1.165, 1.54) is 64.6 Å². The molecule has 1 amide bonds. The molecule has 1 aromatic carbocycles. The maximum atomic E-state index is 12.2. The molecule has 1 aliphatic heterocycles. The number of piperidine rings is 1. The molecule has 7 heteroatoms. The molecule has 1 saturated carbocycles. The summed E-state index contributed by atoms with van der Waals surface area (Å²) in [5, 5.41) is 7.06. The van der Waals surface area contributed by atoms with Gasteiger partial charge < -0.3 is 20.4 Å². The van der Waals surface area contributed by atoms with Crippen LogP contribution in [0.3, 0.4) is 0 Å². The van der Waals surface area contributed by atoms with Crippen molar-refractivity contribution in [2.75, 3.05) is 47.3 Å². The Bertz CT molecular complexity index is 725. The number of rotatable bonds is 7. The number of aliphatic imine (C=N–C) groups is 1. The fourth-order valence-electron chi connectivity index (χ4n) is 4.83. The van der Waals surface area contributed by atoms with E-state index in [1.54, 1.807) is 19.0 Å². The zero-order valence-electron chi connectivity index (χ0n) is 20.1. The molecule has 0 aromatic heterocycles. The number of hydrogen-bond acceptors (Lipinski definition) is 3. The van der Waals surface area contributed by atoms with Crippen molar-refractivity contribution in [3.63, 3.8) is 0 Å². The van der Waals surface area contributed by atoms with Crippen LogP contribution in [0.25, 0.3) is 0 Å². The fraction of sp³-hybridized carbons (Fsp3) is 0.680. The van der Waals surface area contributed by atoms with Crippen molar-refractivity contribution in [2.45, 2.75) is 57.4 Å². The van der Waals surface area contributed by atoms with Gasteiger partial charge in [-0.1, -0.05) is 31.4 Å². The zero-order valence-corrected chi connectivity index (χ0v) is 22.4. The number of guanidine groups is 1. The average Bonchev–Trinajstić information content (AvgIpc) is 2.80. The molecule has 0 unspecified atom stereocenters. The van der Waals surface area contributed by atoms with E-state index in [1.807, 2.05) is 25.2 Å². The SMILES string of the molecule is CN=C(NCCc1cccc(C(=O)N(C)C)c1)NC1CCN(CC2CCCCC2)CC1.I. The number of carbonyl (C=O) groups excluding carboxylic acids is 1. The summed E-state index contributed by atoms with van der Waals surface area (Å²) in [7, 11) is 5.41. The van der Waals surface area contributed by atoms with Crippen molar-refractivity contribution in [1.82, 2.24) is 20.4 Å². The van der Waals surface area contributed by atoms with Crippen LogP contribution in [0, 0.1) is 5.92 Å². The Balaban J connectivity index is 0.00000363. The third-order valence-corrected chi connectivity index (χ3v) is 6.68. The first-order chi connectivity index (χ1) is 15.0. The number of halogens is 1. The number of carbonyl (C=O) groups is 1. The van der Waals surface area contributed by atoms with Gasteiger partial charge in [0.15, 0.2) is 5.96 Å². The molecule has 1 aliphatic carbocycles. The Morgan fingerprint density at radius 3 is 2.50 bits per heavy atom. The van der Waals surface area contributed by atoms with Gasteiger partial charge in [0, 0.05) is 58.9 Å². The van der Waals surface area contributed by atoms with Gasteiger partial charge >= 0.3 is 0 Å². The predicted octanol–water partition coefficient (Wildman–Crippen LogP) is 3.76. The second kappa shape index (κ2) is 14.0. The lowest BCUT2D eigenvalue weighted by Crippen LogP contribution is -2.49. The minimum absolute atomic E-state index is 0. The topological polar surface area (TPSA) is 60.0 Å². The van der Waals surface area contributed by atoms with Crippen LogP contribution < -0.4 is 10.6 Å². The molecule has 1 saturated heterocycles. The van der Waals surface area contributed by atoms with Gasteiger partial charge in [-0.05, 0) is 55.7 Å². The Labute approximate surface area is 211 Å². The summed E-state index contributed by atoms with van der Waals surface area (Å²) in [5.41, 5.74) is 1.90. The van der Waals surface area contributed by atoms with Crippen molar-refractivity contribution in [3.05, 3.63) is 35.4 Å². The molecule has 0 atom stereocenters. The lowest BCUT2D eigenvalue weighted by Gasteiger charge is -2.36. The lowest BCUT2D eigenvalue weighted by atomic mass is 9.88. The molecule has 0 bridgehead atoms. The summed E-state index contributed by atoms with van der Waals surface area (Å²) in [6.07, 6.45) is 10.4. The fourth-order valence-corrected chi connectivity index (χ4v) is 4.83. The highest BCUT2D eigenvalue weighted by molar-refractivity contribution is 14.0. The number of nitrogens with zero attached hydrogens (tertiary/aromatic N) is 3. The van der Waals surface area contributed by atoms with Gasteiger partial charge in [0.2, 0.25) is 0 Å². The van der Waals surface area contributed by atoms with E-state index < -0.39 is 0 Å². The molecule has 180 valence electrons. The minimum atomic E-state index is 0.